The van der Waals surface area contributed by atoms with Crippen molar-refractivity contribution in [1.29, 1.82) is 0 Å². The summed E-state index contributed by atoms with van der Waals surface area (Å²) in [5, 5.41) is 13.3. The molecule has 2 N–H and O–H groups in total. The van der Waals surface area contributed by atoms with E-state index < -0.39 is 6.10 Å². The molecule has 0 amide bonds. The molecule has 0 aromatic heterocycles. The van der Waals surface area contributed by atoms with Crippen molar-refractivity contribution in [1.82, 2.24) is 5.32 Å². The number of hydrogen-bond donors (Lipinski definition) is 2. The number of rotatable bonds is 8. The molecule has 0 aliphatic heterocycles. The molecule has 19 heavy (non-hydrogen) atoms. The Bertz CT molecular complexity index is 400. The lowest BCUT2D eigenvalue weighted by Crippen LogP contribution is -2.25. The highest BCUT2D eigenvalue weighted by molar-refractivity contribution is 9.10. The van der Waals surface area contributed by atoms with Gasteiger partial charge in [0.05, 0.1) is 26.9 Å². The van der Waals surface area contributed by atoms with Crippen LogP contribution in [0.3, 0.4) is 0 Å². The summed E-state index contributed by atoms with van der Waals surface area (Å²) >= 11 is 3.41. The van der Waals surface area contributed by atoms with E-state index in [9.17, 15) is 5.11 Å². The quantitative estimate of drug-likeness (QED) is 0.709. The highest BCUT2D eigenvalue weighted by atomic mass is 79.9. The van der Waals surface area contributed by atoms with Gasteiger partial charge in [-0.15, -0.1) is 0 Å². The lowest BCUT2D eigenvalue weighted by molar-refractivity contribution is 0.158. The molecule has 0 saturated carbocycles. The number of benzene rings is 1. The Kier molecular flexibility index (Phi) is 7.15. The van der Waals surface area contributed by atoms with Gasteiger partial charge in [0.25, 0.3) is 0 Å². The van der Waals surface area contributed by atoms with Gasteiger partial charge >= 0.3 is 0 Å². The van der Waals surface area contributed by atoms with E-state index in [1.54, 1.807) is 33.5 Å². The molecule has 0 spiro atoms. The lowest BCUT2D eigenvalue weighted by atomic mass is 10.1. The van der Waals surface area contributed by atoms with Gasteiger partial charge in [-0.1, -0.05) is 0 Å². The van der Waals surface area contributed by atoms with Crippen LogP contribution in [0.4, 0.5) is 0 Å². The van der Waals surface area contributed by atoms with Gasteiger partial charge in [0.2, 0.25) is 0 Å². The number of aliphatic hydroxyl groups excluding tert-OH is 1. The Morgan fingerprint density at radius 3 is 2.58 bits per heavy atom. The fourth-order valence-corrected chi connectivity index (χ4v) is 2.39. The largest absolute Gasteiger partial charge is 0.495 e. The number of hydrogen-bond acceptors (Lipinski definition) is 5. The molecule has 0 heterocycles. The number of halogens is 1. The predicted octanol–water partition coefficient (Wildman–Crippen LogP) is 1.74. The molecule has 1 aromatic rings. The first-order valence-corrected chi connectivity index (χ1v) is 6.73. The molecule has 108 valence electrons. The van der Waals surface area contributed by atoms with E-state index in [1.165, 1.54) is 0 Å². The van der Waals surface area contributed by atoms with Crippen molar-refractivity contribution in [3.8, 4) is 11.5 Å². The minimum atomic E-state index is -0.658. The SMILES string of the molecule is COCCNCC(O)c1ccc(OC)c(Br)c1OC. The minimum absolute atomic E-state index is 0.429. The van der Waals surface area contributed by atoms with E-state index in [2.05, 4.69) is 21.2 Å². The summed E-state index contributed by atoms with van der Waals surface area (Å²) in [7, 11) is 4.79. The van der Waals surface area contributed by atoms with Crippen LogP contribution in [0.2, 0.25) is 0 Å². The van der Waals surface area contributed by atoms with Crippen molar-refractivity contribution in [3.63, 3.8) is 0 Å². The Morgan fingerprint density at radius 2 is 2.00 bits per heavy atom. The number of methoxy groups -OCH3 is 3. The van der Waals surface area contributed by atoms with Crippen LogP contribution >= 0.6 is 15.9 Å². The Labute approximate surface area is 122 Å². The molecule has 0 radical (unpaired) electrons. The molecule has 0 aliphatic rings. The molecular weight excluding hydrogens is 314 g/mol. The maximum absolute atomic E-state index is 10.2. The molecule has 6 heteroatoms. The first kappa shape index (κ1) is 16.2. The highest BCUT2D eigenvalue weighted by Gasteiger charge is 2.18. The summed E-state index contributed by atoms with van der Waals surface area (Å²) in [6, 6.07) is 3.59. The first-order valence-electron chi connectivity index (χ1n) is 5.93. The zero-order valence-electron chi connectivity index (χ0n) is 11.4. The highest BCUT2D eigenvalue weighted by Crippen LogP contribution is 2.39. The van der Waals surface area contributed by atoms with Crippen LogP contribution in [-0.4, -0.2) is 46.1 Å². The molecule has 1 unspecified atom stereocenters. The second-order valence-corrected chi connectivity index (χ2v) is 4.71. The van der Waals surface area contributed by atoms with E-state index in [-0.39, 0.29) is 0 Å². The number of ether oxygens (including phenoxy) is 3. The molecule has 1 aromatic carbocycles. The monoisotopic (exact) mass is 333 g/mol. The molecule has 0 aliphatic carbocycles. The Hall–Kier alpha value is -0.820. The molecule has 0 fully saturated rings. The van der Waals surface area contributed by atoms with E-state index in [4.69, 9.17) is 14.2 Å². The summed E-state index contributed by atoms with van der Waals surface area (Å²) in [6.07, 6.45) is -0.658. The van der Waals surface area contributed by atoms with Gasteiger partial charge in [-0.3, -0.25) is 0 Å². The van der Waals surface area contributed by atoms with Gasteiger partial charge in [-0.2, -0.15) is 0 Å². The Morgan fingerprint density at radius 1 is 1.26 bits per heavy atom. The average molecular weight is 334 g/mol. The summed E-state index contributed by atoms with van der Waals surface area (Å²) in [4.78, 5) is 0. The summed E-state index contributed by atoms with van der Waals surface area (Å²) in [5.74, 6) is 1.25. The molecule has 1 rings (SSSR count). The van der Waals surface area contributed by atoms with Crippen LogP contribution in [0.15, 0.2) is 16.6 Å². The van der Waals surface area contributed by atoms with Gasteiger partial charge in [0, 0.05) is 25.8 Å². The van der Waals surface area contributed by atoms with Gasteiger partial charge in [0.1, 0.15) is 16.0 Å². The van der Waals surface area contributed by atoms with Crippen LogP contribution in [0, 0.1) is 0 Å². The topological polar surface area (TPSA) is 60.0 Å². The first-order chi connectivity index (χ1) is 9.15. The maximum atomic E-state index is 10.2. The third-order valence-corrected chi connectivity index (χ3v) is 3.45. The number of aliphatic hydroxyl groups is 1. The van der Waals surface area contributed by atoms with Crippen LogP contribution in [-0.2, 0) is 4.74 Å². The van der Waals surface area contributed by atoms with Crippen molar-refractivity contribution in [3.05, 3.63) is 22.2 Å². The predicted molar refractivity (Wildman–Crippen MR) is 77.0 cm³/mol. The van der Waals surface area contributed by atoms with Crippen LogP contribution in [0.25, 0.3) is 0 Å². The second kappa shape index (κ2) is 8.37. The zero-order chi connectivity index (χ0) is 14.3. The minimum Gasteiger partial charge on any atom is -0.495 e. The van der Waals surface area contributed by atoms with E-state index in [0.29, 0.717) is 41.2 Å². The van der Waals surface area contributed by atoms with Crippen molar-refractivity contribution in [2.45, 2.75) is 6.10 Å². The smallest absolute Gasteiger partial charge is 0.142 e. The second-order valence-electron chi connectivity index (χ2n) is 3.92. The Balaban J connectivity index is 2.78. The third-order valence-electron chi connectivity index (χ3n) is 2.70. The van der Waals surface area contributed by atoms with Crippen molar-refractivity contribution in [2.24, 2.45) is 0 Å². The normalized spacial score (nSPS) is 12.3. The standard InChI is InChI=1S/C13H20BrNO4/c1-17-7-6-15-8-10(16)9-4-5-11(18-2)12(14)13(9)19-3/h4-5,10,15-16H,6-8H2,1-3H3. The average Bonchev–Trinajstić information content (AvgIpc) is 2.43. The maximum Gasteiger partial charge on any atom is 0.142 e. The molecular formula is C13H20BrNO4. The van der Waals surface area contributed by atoms with E-state index in [0.717, 1.165) is 0 Å². The summed E-state index contributed by atoms with van der Waals surface area (Å²) in [6.45, 7) is 1.72. The van der Waals surface area contributed by atoms with Gasteiger partial charge < -0.3 is 24.6 Å². The van der Waals surface area contributed by atoms with Crippen molar-refractivity contribution >= 4 is 15.9 Å². The van der Waals surface area contributed by atoms with E-state index >= 15 is 0 Å². The van der Waals surface area contributed by atoms with Crippen LogP contribution in [0.1, 0.15) is 11.7 Å². The van der Waals surface area contributed by atoms with Crippen LogP contribution in [0.5, 0.6) is 11.5 Å². The van der Waals surface area contributed by atoms with Gasteiger partial charge in [0.15, 0.2) is 0 Å². The van der Waals surface area contributed by atoms with Crippen molar-refractivity contribution in [2.75, 3.05) is 41.0 Å². The number of nitrogens with one attached hydrogen (secondary N) is 1. The van der Waals surface area contributed by atoms with Gasteiger partial charge in [-0.25, -0.2) is 0 Å². The summed E-state index contributed by atoms with van der Waals surface area (Å²) in [5.41, 5.74) is 0.708. The lowest BCUT2D eigenvalue weighted by Gasteiger charge is -2.18. The van der Waals surface area contributed by atoms with Crippen LogP contribution < -0.4 is 14.8 Å². The molecule has 5 nitrogen and oxygen atoms in total. The zero-order valence-corrected chi connectivity index (χ0v) is 13.0. The van der Waals surface area contributed by atoms with E-state index in [1.807, 2.05) is 0 Å². The molecule has 1 atom stereocenters. The fourth-order valence-electron chi connectivity index (χ4n) is 1.70. The molecule has 0 bridgehead atoms. The summed E-state index contributed by atoms with van der Waals surface area (Å²) < 4.78 is 16.2. The fraction of sp³-hybridized carbons (Fsp3) is 0.538. The molecule has 0 saturated heterocycles. The van der Waals surface area contributed by atoms with Crippen molar-refractivity contribution < 1.29 is 19.3 Å². The third kappa shape index (κ3) is 4.35. The van der Waals surface area contributed by atoms with Gasteiger partial charge in [-0.05, 0) is 28.1 Å².